The number of piperidine rings is 1. The van der Waals surface area contributed by atoms with Crippen LogP contribution >= 0.6 is 0 Å². The number of aromatic amines is 1. The number of methoxy groups -OCH3 is 2. The van der Waals surface area contributed by atoms with E-state index >= 15 is 0 Å². The van der Waals surface area contributed by atoms with Gasteiger partial charge in [-0.2, -0.15) is 0 Å². The molecule has 1 fully saturated rings. The molecule has 0 spiro atoms. The minimum atomic E-state index is -0.355. The number of carbonyl (C=O) groups excluding carboxylic acids is 1. The van der Waals surface area contributed by atoms with Crippen LogP contribution in [0.25, 0.3) is 11.4 Å². The molecule has 0 radical (unpaired) electrons. The molecule has 1 N–H and O–H groups in total. The molecule has 42 heavy (non-hydrogen) atoms. The van der Waals surface area contributed by atoms with Crippen LogP contribution in [0.1, 0.15) is 36.1 Å². The van der Waals surface area contributed by atoms with Crippen LogP contribution in [0.2, 0.25) is 0 Å². The molecule has 1 amide bonds. The molecule has 0 aliphatic carbocycles. The number of hydrogen-bond acceptors (Lipinski definition) is 7. The Morgan fingerprint density at radius 1 is 0.905 bits per heavy atom. The van der Waals surface area contributed by atoms with Crippen LogP contribution in [0.3, 0.4) is 0 Å². The van der Waals surface area contributed by atoms with Crippen molar-refractivity contribution in [1.82, 2.24) is 20.1 Å². The first kappa shape index (κ1) is 28.9. The number of ether oxygens (including phenoxy) is 3. The van der Waals surface area contributed by atoms with Crippen LogP contribution in [-0.4, -0.2) is 53.3 Å². The molecular weight excluding hydrogens is 532 g/mol. The summed E-state index contributed by atoms with van der Waals surface area (Å²) in [6.45, 7) is 1.83. The summed E-state index contributed by atoms with van der Waals surface area (Å²) in [5, 5.41) is 8.38. The second-order valence-electron chi connectivity index (χ2n) is 10.5. The zero-order chi connectivity index (χ0) is 29.3. The van der Waals surface area contributed by atoms with Gasteiger partial charge in [-0.05, 0) is 66.6 Å². The predicted molar refractivity (Wildman–Crippen MR) is 160 cm³/mol. The molecule has 1 aliphatic rings. The highest BCUT2D eigenvalue weighted by Gasteiger charge is 2.23. The van der Waals surface area contributed by atoms with E-state index in [0.29, 0.717) is 35.4 Å². The highest BCUT2D eigenvalue weighted by Crippen LogP contribution is 2.32. The molecule has 9 nitrogen and oxygen atoms in total. The van der Waals surface area contributed by atoms with Crippen molar-refractivity contribution in [2.24, 2.45) is 5.92 Å². The number of likely N-dealkylation sites (tertiary alicyclic amines) is 1. The number of carbonyl (C=O) groups is 1. The average Bonchev–Trinajstić information content (AvgIpc) is 3.04. The maximum atomic E-state index is 12.8. The summed E-state index contributed by atoms with van der Waals surface area (Å²) in [5.41, 5.74) is 2.82. The number of aromatic nitrogens is 3. The van der Waals surface area contributed by atoms with Gasteiger partial charge in [0.15, 0.2) is 17.3 Å². The number of aryl methyl sites for hydroxylation is 1. The van der Waals surface area contributed by atoms with Crippen LogP contribution in [0.5, 0.6) is 17.2 Å². The van der Waals surface area contributed by atoms with Crippen LogP contribution in [0.15, 0.2) is 77.6 Å². The fourth-order valence-corrected chi connectivity index (χ4v) is 5.23. The molecular formula is C33H36N4O5. The van der Waals surface area contributed by atoms with E-state index in [1.807, 2.05) is 35.2 Å². The van der Waals surface area contributed by atoms with E-state index in [1.165, 1.54) is 5.56 Å². The van der Waals surface area contributed by atoms with E-state index < -0.39 is 0 Å². The Hall–Kier alpha value is -4.66. The number of nitrogens with zero attached hydrogens (tertiary/aromatic N) is 3. The van der Waals surface area contributed by atoms with E-state index in [0.717, 1.165) is 43.7 Å². The van der Waals surface area contributed by atoms with Crippen molar-refractivity contribution in [2.75, 3.05) is 27.3 Å². The van der Waals surface area contributed by atoms with E-state index in [1.54, 1.807) is 32.4 Å². The van der Waals surface area contributed by atoms with E-state index in [-0.39, 0.29) is 30.0 Å². The van der Waals surface area contributed by atoms with E-state index in [2.05, 4.69) is 39.4 Å². The topological polar surface area (TPSA) is 107 Å². The lowest BCUT2D eigenvalue weighted by Crippen LogP contribution is -2.39. The lowest BCUT2D eigenvalue weighted by molar-refractivity contribution is -0.132. The van der Waals surface area contributed by atoms with Crippen LogP contribution < -0.4 is 19.8 Å². The molecule has 5 rings (SSSR count). The van der Waals surface area contributed by atoms with Crippen molar-refractivity contribution in [3.63, 3.8) is 0 Å². The highest BCUT2D eigenvalue weighted by molar-refractivity contribution is 5.76. The Balaban J connectivity index is 1.15. The monoisotopic (exact) mass is 568 g/mol. The quantitative estimate of drug-likeness (QED) is 0.276. The number of benzene rings is 3. The van der Waals surface area contributed by atoms with Gasteiger partial charge in [0.05, 0.1) is 14.2 Å². The Morgan fingerprint density at radius 2 is 1.69 bits per heavy atom. The largest absolute Gasteiger partial charge is 0.497 e. The van der Waals surface area contributed by atoms with Crippen LogP contribution in [-0.2, 0) is 24.2 Å². The van der Waals surface area contributed by atoms with Gasteiger partial charge in [0, 0.05) is 31.5 Å². The third kappa shape index (κ3) is 7.34. The lowest BCUT2D eigenvalue weighted by atomic mass is 9.90. The van der Waals surface area contributed by atoms with Crippen molar-refractivity contribution in [1.29, 1.82) is 0 Å². The maximum Gasteiger partial charge on any atom is 0.273 e. The Morgan fingerprint density at radius 3 is 2.43 bits per heavy atom. The molecule has 2 heterocycles. The van der Waals surface area contributed by atoms with Gasteiger partial charge < -0.3 is 24.1 Å². The minimum Gasteiger partial charge on any atom is -0.497 e. The molecule has 9 heteroatoms. The smallest absolute Gasteiger partial charge is 0.273 e. The second-order valence-corrected chi connectivity index (χ2v) is 10.5. The first-order valence-electron chi connectivity index (χ1n) is 14.2. The molecule has 1 saturated heterocycles. The number of H-pyrrole nitrogens is 1. The number of amides is 1. The standard InChI is InChI=1S/C33H36N4O5/c1-40-27-10-6-9-25(20-27)22-42-29-13-11-26(21-30(29)41-2)32-34-33(39)28(35-36-32)12-14-31(38)37-17-15-24(16-18-37)19-23-7-4-3-5-8-23/h3-11,13,20-21,24H,12,14-19,22H2,1-2H3,(H,34,36,39). The van der Waals surface area contributed by atoms with Crippen molar-refractivity contribution in [3.05, 3.63) is 100.0 Å². The predicted octanol–water partition coefficient (Wildman–Crippen LogP) is 4.84. The number of nitrogens with one attached hydrogen (secondary N) is 1. The molecule has 0 atom stereocenters. The normalized spacial score (nSPS) is 13.5. The van der Waals surface area contributed by atoms with Gasteiger partial charge in [0.2, 0.25) is 5.91 Å². The summed E-state index contributed by atoms with van der Waals surface area (Å²) in [6, 6.07) is 23.4. The Kier molecular flexibility index (Phi) is 9.48. The van der Waals surface area contributed by atoms with Crippen molar-refractivity contribution in [2.45, 2.75) is 38.7 Å². The average molecular weight is 569 g/mol. The van der Waals surface area contributed by atoms with Gasteiger partial charge in [-0.1, -0.05) is 42.5 Å². The lowest BCUT2D eigenvalue weighted by Gasteiger charge is -2.32. The summed E-state index contributed by atoms with van der Waals surface area (Å²) in [5.74, 6) is 2.76. The molecule has 1 aromatic heterocycles. The maximum absolute atomic E-state index is 12.8. The second kappa shape index (κ2) is 13.8. The fraction of sp³-hybridized carbons (Fsp3) is 0.333. The minimum absolute atomic E-state index is 0.0488. The van der Waals surface area contributed by atoms with Gasteiger partial charge in [-0.25, -0.2) is 0 Å². The van der Waals surface area contributed by atoms with Crippen LogP contribution in [0.4, 0.5) is 0 Å². The summed E-state index contributed by atoms with van der Waals surface area (Å²) < 4.78 is 16.7. The molecule has 0 unspecified atom stereocenters. The number of hydrogen-bond donors (Lipinski definition) is 1. The third-order valence-electron chi connectivity index (χ3n) is 7.64. The zero-order valence-electron chi connectivity index (χ0n) is 24.0. The van der Waals surface area contributed by atoms with Crippen molar-refractivity contribution < 1.29 is 19.0 Å². The van der Waals surface area contributed by atoms with E-state index in [4.69, 9.17) is 14.2 Å². The summed E-state index contributed by atoms with van der Waals surface area (Å²) >= 11 is 0. The summed E-state index contributed by atoms with van der Waals surface area (Å²) in [7, 11) is 3.18. The van der Waals surface area contributed by atoms with Crippen molar-refractivity contribution in [3.8, 4) is 28.6 Å². The third-order valence-corrected chi connectivity index (χ3v) is 7.64. The first-order valence-corrected chi connectivity index (χ1v) is 14.2. The highest BCUT2D eigenvalue weighted by atomic mass is 16.5. The molecule has 3 aromatic carbocycles. The molecule has 0 bridgehead atoms. The number of rotatable bonds is 11. The van der Waals surface area contributed by atoms with Crippen LogP contribution in [0, 0.1) is 5.92 Å². The molecule has 1 aliphatic heterocycles. The molecule has 4 aromatic rings. The first-order chi connectivity index (χ1) is 20.5. The van der Waals surface area contributed by atoms with Gasteiger partial charge in [-0.15, -0.1) is 10.2 Å². The van der Waals surface area contributed by atoms with Gasteiger partial charge in [0.1, 0.15) is 18.1 Å². The Bertz CT molecular complexity index is 1550. The fourth-order valence-electron chi connectivity index (χ4n) is 5.23. The zero-order valence-corrected chi connectivity index (χ0v) is 24.0. The van der Waals surface area contributed by atoms with Gasteiger partial charge >= 0.3 is 0 Å². The molecule has 218 valence electrons. The summed E-state index contributed by atoms with van der Waals surface area (Å²) in [6.07, 6.45) is 3.50. The SMILES string of the molecule is COc1cccc(COc2ccc(-c3nnc(CCC(=O)N4CCC(Cc5ccccc5)CC4)c(=O)[nH]3)cc2OC)c1. The van der Waals surface area contributed by atoms with Gasteiger partial charge in [0.25, 0.3) is 5.56 Å². The van der Waals surface area contributed by atoms with E-state index in [9.17, 15) is 9.59 Å². The van der Waals surface area contributed by atoms with Crippen molar-refractivity contribution >= 4 is 5.91 Å². The molecule has 0 saturated carbocycles. The Labute approximate surface area is 245 Å². The van der Waals surface area contributed by atoms with Gasteiger partial charge in [-0.3, -0.25) is 9.59 Å². The summed E-state index contributed by atoms with van der Waals surface area (Å²) in [4.78, 5) is 30.4.